The minimum Gasteiger partial charge on any atom is -0.461 e. The molecule has 4 rings (SSSR count). The summed E-state index contributed by atoms with van der Waals surface area (Å²) in [7, 11) is 0. The van der Waals surface area contributed by atoms with E-state index in [0.717, 1.165) is 47.7 Å². The van der Waals surface area contributed by atoms with E-state index in [4.69, 9.17) is 4.74 Å². The molecule has 0 atom stereocenters. The number of ether oxygens (including phenoxy) is 1. The molecule has 146 valence electrons. The molecule has 7 nitrogen and oxygen atoms in total. The Bertz CT molecular complexity index is 961. The largest absolute Gasteiger partial charge is 0.461 e. The lowest BCUT2D eigenvalue weighted by atomic mass is 10.0. The quantitative estimate of drug-likeness (QED) is 0.667. The van der Waals surface area contributed by atoms with Crippen LogP contribution >= 0.6 is 0 Å². The van der Waals surface area contributed by atoms with E-state index in [1.807, 2.05) is 36.7 Å². The highest BCUT2D eigenvalue weighted by Crippen LogP contribution is 2.25. The van der Waals surface area contributed by atoms with Crippen LogP contribution in [0.3, 0.4) is 0 Å². The summed E-state index contributed by atoms with van der Waals surface area (Å²) in [5.41, 5.74) is 5.83. The predicted octanol–water partition coefficient (Wildman–Crippen LogP) is 2.70. The SMILES string of the molecule is CCOC(=O)c1nn(Cc2ccccc2)c2c1CN(Cc1nc[nH]c1C)CC2. The Balaban J connectivity index is 1.62. The van der Waals surface area contributed by atoms with Crippen molar-refractivity contribution in [3.05, 3.63) is 70.6 Å². The molecular formula is C21H25N5O2. The van der Waals surface area contributed by atoms with Gasteiger partial charge >= 0.3 is 5.97 Å². The number of H-pyrrole nitrogens is 1. The van der Waals surface area contributed by atoms with Crippen LogP contribution in [0.25, 0.3) is 0 Å². The van der Waals surface area contributed by atoms with Gasteiger partial charge in [-0.1, -0.05) is 30.3 Å². The molecule has 1 aromatic carbocycles. The highest BCUT2D eigenvalue weighted by atomic mass is 16.5. The van der Waals surface area contributed by atoms with Crippen LogP contribution in [-0.2, 0) is 30.8 Å². The molecule has 1 N–H and O–H groups in total. The van der Waals surface area contributed by atoms with E-state index in [1.54, 1.807) is 6.33 Å². The third-order valence-corrected chi connectivity index (χ3v) is 5.16. The predicted molar refractivity (Wildman–Crippen MR) is 105 cm³/mol. The lowest BCUT2D eigenvalue weighted by molar-refractivity contribution is 0.0515. The molecule has 0 fully saturated rings. The Kier molecular flexibility index (Phi) is 5.25. The van der Waals surface area contributed by atoms with E-state index in [9.17, 15) is 4.79 Å². The number of nitrogens with one attached hydrogen (secondary N) is 1. The highest BCUT2D eigenvalue weighted by molar-refractivity contribution is 5.89. The zero-order chi connectivity index (χ0) is 19.5. The Morgan fingerprint density at radius 2 is 2.07 bits per heavy atom. The third kappa shape index (κ3) is 3.71. The molecular weight excluding hydrogens is 354 g/mol. The van der Waals surface area contributed by atoms with E-state index < -0.39 is 0 Å². The number of rotatable bonds is 6. The minimum absolute atomic E-state index is 0.343. The number of imidazole rings is 1. The summed E-state index contributed by atoms with van der Waals surface area (Å²) < 4.78 is 7.23. The summed E-state index contributed by atoms with van der Waals surface area (Å²) in [4.78, 5) is 22.4. The summed E-state index contributed by atoms with van der Waals surface area (Å²) in [6.07, 6.45) is 2.57. The van der Waals surface area contributed by atoms with E-state index in [2.05, 4.69) is 32.1 Å². The molecule has 0 saturated carbocycles. The van der Waals surface area contributed by atoms with Gasteiger partial charge in [0.15, 0.2) is 5.69 Å². The average Bonchev–Trinajstić information content (AvgIpc) is 3.26. The van der Waals surface area contributed by atoms with Crippen LogP contribution in [0, 0.1) is 6.92 Å². The van der Waals surface area contributed by atoms with Crippen LogP contribution in [-0.4, -0.2) is 43.8 Å². The van der Waals surface area contributed by atoms with Gasteiger partial charge in [0.05, 0.1) is 25.2 Å². The number of benzene rings is 1. The zero-order valence-corrected chi connectivity index (χ0v) is 16.3. The molecule has 0 aliphatic carbocycles. The van der Waals surface area contributed by atoms with Crippen LogP contribution in [0.1, 0.15) is 45.6 Å². The molecule has 0 saturated heterocycles. The van der Waals surface area contributed by atoms with E-state index >= 15 is 0 Å². The molecule has 0 radical (unpaired) electrons. The van der Waals surface area contributed by atoms with Crippen LogP contribution in [0.15, 0.2) is 36.7 Å². The molecule has 2 aromatic heterocycles. The summed E-state index contributed by atoms with van der Waals surface area (Å²) >= 11 is 0. The molecule has 0 bridgehead atoms. The molecule has 7 heteroatoms. The van der Waals surface area contributed by atoms with Crippen molar-refractivity contribution >= 4 is 5.97 Å². The maximum atomic E-state index is 12.5. The Labute approximate surface area is 164 Å². The van der Waals surface area contributed by atoms with E-state index in [1.165, 1.54) is 0 Å². The van der Waals surface area contributed by atoms with E-state index in [-0.39, 0.29) is 5.97 Å². The monoisotopic (exact) mass is 379 g/mol. The van der Waals surface area contributed by atoms with Gasteiger partial charge in [-0.2, -0.15) is 5.10 Å². The summed E-state index contributed by atoms with van der Waals surface area (Å²) in [6.45, 7) is 7.17. The molecule has 1 aliphatic rings. The van der Waals surface area contributed by atoms with Crippen molar-refractivity contribution in [3.63, 3.8) is 0 Å². The van der Waals surface area contributed by atoms with Crippen molar-refractivity contribution in [2.75, 3.05) is 13.2 Å². The van der Waals surface area contributed by atoms with Crippen LogP contribution in [0.4, 0.5) is 0 Å². The van der Waals surface area contributed by atoms with Crippen molar-refractivity contribution in [2.24, 2.45) is 0 Å². The number of aryl methyl sites for hydroxylation is 1. The number of aromatic amines is 1. The van der Waals surface area contributed by atoms with Crippen molar-refractivity contribution in [2.45, 2.75) is 39.9 Å². The summed E-state index contributed by atoms with van der Waals surface area (Å²) in [5, 5.41) is 4.65. The van der Waals surface area contributed by atoms with Crippen LogP contribution in [0.2, 0.25) is 0 Å². The molecule has 0 amide bonds. The van der Waals surface area contributed by atoms with Gasteiger partial charge in [-0.05, 0) is 19.4 Å². The smallest absolute Gasteiger partial charge is 0.359 e. The first kappa shape index (κ1) is 18.4. The molecule has 3 aromatic rings. The first-order valence-corrected chi connectivity index (χ1v) is 9.66. The lowest BCUT2D eigenvalue weighted by Gasteiger charge is -2.27. The number of hydrogen-bond donors (Lipinski definition) is 1. The number of carbonyl (C=O) groups is 1. The topological polar surface area (TPSA) is 76.0 Å². The van der Waals surface area contributed by atoms with Gasteiger partial charge in [0.2, 0.25) is 0 Å². The zero-order valence-electron chi connectivity index (χ0n) is 16.3. The number of hydrogen-bond acceptors (Lipinski definition) is 5. The minimum atomic E-state index is -0.344. The fourth-order valence-electron chi connectivity index (χ4n) is 3.69. The van der Waals surface area contributed by atoms with Crippen LogP contribution in [0.5, 0.6) is 0 Å². The summed E-state index contributed by atoms with van der Waals surface area (Å²) in [5.74, 6) is -0.344. The van der Waals surface area contributed by atoms with Crippen molar-refractivity contribution in [1.82, 2.24) is 24.6 Å². The average molecular weight is 379 g/mol. The molecule has 28 heavy (non-hydrogen) atoms. The highest BCUT2D eigenvalue weighted by Gasteiger charge is 2.29. The number of esters is 1. The van der Waals surface area contributed by atoms with Crippen molar-refractivity contribution in [3.8, 4) is 0 Å². The van der Waals surface area contributed by atoms with Gasteiger partial charge in [-0.15, -0.1) is 0 Å². The molecule has 1 aliphatic heterocycles. The second-order valence-corrected chi connectivity index (χ2v) is 7.07. The van der Waals surface area contributed by atoms with Crippen molar-refractivity contribution < 1.29 is 9.53 Å². The van der Waals surface area contributed by atoms with Gasteiger partial charge in [0, 0.05) is 43.0 Å². The Morgan fingerprint density at radius 1 is 1.25 bits per heavy atom. The second kappa shape index (κ2) is 7.98. The molecule has 0 spiro atoms. The lowest BCUT2D eigenvalue weighted by Crippen LogP contribution is -2.31. The van der Waals surface area contributed by atoms with Crippen molar-refractivity contribution in [1.29, 1.82) is 0 Å². The Morgan fingerprint density at radius 3 is 2.79 bits per heavy atom. The van der Waals surface area contributed by atoms with E-state index in [0.29, 0.717) is 25.4 Å². The van der Waals surface area contributed by atoms with Gasteiger partial charge in [-0.3, -0.25) is 9.58 Å². The molecule has 0 unspecified atom stereocenters. The first-order chi connectivity index (χ1) is 13.7. The number of nitrogens with zero attached hydrogens (tertiary/aromatic N) is 4. The Hall–Kier alpha value is -2.93. The van der Waals surface area contributed by atoms with Gasteiger partial charge in [0.1, 0.15) is 0 Å². The molecule has 3 heterocycles. The van der Waals surface area contributed by atoms with Gasteiger partial charge in [-0.25, -0.2) is 9.78 Å². The first-order valence-electron chi connectivity index (χ1n) is 9.66. The number of carbonyl (C=O) groups excluding carboxylic acids is 1. The maximum Gasteiger partial charge on any atom is 0.359 e. The third-order valence-electron chi connectivity index (χ3n) is 5.16. The standard InChI is InChI=1S/C21H25N5O2/c1-3-28-21(27)20-17-12-25(13-18-15(2)22-14-23-18)10-9-19(17)26(24-20)11-16-7-5-4-6-8-16/h4-8,14H,3,9-13H2,1-2H3,(H,22,23). The maximum absolute atomic E-state index is 12.5. The number of fused-ring (bicyclic) bond motifs is 1. The number of aromatic nitrogens is 4. The van der Waals surface area contributed by atoms with Crippen LogP contribution < -0.4 is 0 Å². The normalized spacial score (nSPS) is 14.1. The second-order valence-electron chi connectivity index (χ2n) is 7.07. The fraction of sp³-hybridized carbons (Fsp3) is 0.381. The fourth-order valence-corrected chi connectivity index (χ4v) is 3.69. The van der Waals surface area contributed by atoms with Gasteiger partial charge in [0.25, 0.3) is 0 Å². The van der Waals surface area contributed by atoms with Gasteiger partial charge < -0.3 is 9.72 Å². The summed E-state index contributed by atoms with van der Waals surface area (Å²) in [6, 6.07) is 10.2.